The minimum atomic E-state index is -0.261. The van der Waals surface area contributed by atoms with Gasteiger partial charge in [0.05, 0.1) is 17.5 Å². The standard InChI is InChI=1S/C23H17ClN2O2S/c1-2-16-11-18-22(28)25-21-19(20(27)13-7-9-15(24)10-8-13)17-6-4-3-5-14(17)12-26(21)23(18)29-16/h3-11,27H,2,12H2,1H3/b20-19-. The maximum Gasteiger partial charge on any atom is 0.281 e. The fraction of sp³-hybridized carbons (Fsp3) is 0.130. The van der Waals surface area contributed by atoms with E-state index >= 15 is 0 Å². The number of aliphatic hydroxyl groups excluding tert-OH is 1. The Morgan fingerprint density at radius 2 is 1.97 bits per heavy atom. The second kappa shape index (κ2) is 6.87. The van der Waals surface area contributed by atoms with Crippen molar-refractivity contribution in [3.05, 3.63) is 97.4 Å². The minimum absolute atomic E-state index is 0.0843. The Morgan fingerprint density at radius 1 is 1.21 bits per heavy atom. The van der Waals surface area contributed by atoms with Gasteiger partial charge in [0.15, 0.2) is 0 Å². The molecule has 0 amide bonds. The van der Waals surface area contributed by atoms with Gasteiger partial charge in [0.25, 0.3) is 5.56 Å². The van der Waals surface area contributed by atoms with Crippen molar-refractivity contribution in [2.75, 3.05) is 0 Å². The van der Waals surface area contributed by atoms with Gasteiger partial charge in [-0.3, -0.25) is 4.79 Å². The summed E-state index contributed by atoms with van der Waals surface area (Å²) in [6.07, 6.45) is 0.865. The van der Waals surface area contributed by atoms with Gasteiger partial charge in [0.2, 0.25) is 0 Å². The van der Waals surface area contributed by atoms with Gasteiger partial charge in [-0.15, -0.1) is 11.3 Å². The lowest BCUT2D eigenvalue weighted by atomic mass is 9.92. The van der Waals surface area contributed by atoms with Crippen molar-refractivity contribution in [2.45, 2.75) is 19.9 Å². The molecular weight excluding hydrogens is 404 g/mol. The van der Waals surface area contributed by atoms with Crippen molar-refractivity contribution in [1.82, 2.24) is 9.55 Å². The highest BCUT2D eigenvalue weighted by molar-refractivity contribution is 7.18. The van der Waals surface area contributed by atoms with E-state index in [1.54, 1.807) is 35.6 Å². The van der Waals surface area contributed by atoms with E-state index in [9.17, 15) is 9.90 Å². The number of hydrogen-bond acceptors (Lipinski definition) is 4. The van der Waals surface area contributed by atoms with Crippen LogP contribution >= 0.6 is 22.9 Å². The predicted molar refractivity (Wildman–Crippen MR) is 119 cm³/mol. The van der Waals surface area contributed by atoms with Gasteiger partial charge in [-0.1, -0.05) is 42.8 Å². The molecule has 1 aliphatic rings. The zero-order chi connectivity index (χ0) is 20.1. The number of aryl methyl sites for hydroxylation is 1. The van der Waals surface area contributed by atoms with Crippen molar-refractivity contribution >= 4 is 44.5 Å². The van der Waals surface area contributed by atoms with Crippen LogP contribution in [0.25, 0.3) is 21.5 Å². The fourth-order valence-corrected chi connectivity index (χ4v) is 5.00. The SMILES string of the molecule is CCc1cc2c(=O)nc3n(c2s1)Cc1ccccc1/C3=C(/O)c1ccc(Cl)cc1. The smallest absolute Gasteiger partial charge is 0.281 e. The van der Waals surface area contributed by atoms with Crippen molar-refractivity contribution in [3.8, 4) is 0 Å². The van der Waals surface area contributed by atoms with Crippen LogP contribution in [0.3, 0.4) is 0 Å². The molecule has 0 aliphatic carbocycles. The molecular formula is C23H17ClN2O2S. The molecule has 6 heteroatoms. The van der Waals surface area contributed by atoms with E-state index in [4.69, 9.17) is 11.6 Å². The van der Waals surface area contributed by atoms with Crippen molar-refractivity contribution in [3.63, 3.8) is 0 Å². The van der Waals surface area contributed by atoms with Gasteiger partial charge in [-0.05, 0) is 47.9 Å². The van der Waals surface area contributed by atoms with E-state index in [0.29, 0.717) is 33.9 Å². The van der Waals surface area contributed by atoms with Gasteiger partial charge in [0, 0.05) is 15.5 Å². The van der Waals surface area contributed by atoms with Crippen molar-refractivity contribution in [2.24, 2.45) is 0 Å². The first-order chi connectivity index (χ1) is 14.1. The van der Waals surface area contributed by atoms with Gasteiger partial charge < -0.3 is 9.67 Å². The summed E-state index contributed by atoms with van der Waals surface area (Å²) < 4.78 is 2.05. The molecule has 0 bridgehead atoms. The number of hydrogen-bond donors (Lipinski definition) is 1. The number of fused-ring (bicyclic) bond motifs is 4. The summed E-state index contributed by atoms with van der Waals surface area (Å²) in [6.45, 7) is 2.68. The number of thiophene rings is 1. The molecule has 1 aliphatic heterocycles. The molecule has 3 heterocycles. The summed E-state index contributed by atoms with van der Waals surface area (Å²) in [5, 5.41) is 12.5. The van der Waals surface area contributed by atoms with Crippen LogP contribution in [0, 0.1) is 0 Å². The van der Waals surface area contributed by atoms with Crippen LogP contribution in [-0.4, -0.2) is 14.7 Å². The lowest BCUT2D eigenvalue weighted by Gasteiger charge is -2.25. The molecule has 0 saturated heterocycles. The Labute approximate surface area is 176 Å². The van der Waals surface area contributed by atoms with Crippen LogP contribution in [0.15, 0.2) is 59.4 Å². The zero-order valence-corrected chi connectivity index (χ0v) is 17.2. The van der Waals surface area contributed by atoms with Gasteiger partial charge in [0.1, 0.15) is 16.4 Å². The molecule has 4 aromatic rings. The molecule has 0 unspecified atom stereocenters. The van der Waals surface area contributed by atoms with Crippen molar-refractivity contribution < 1.29 is 5.11 Å². The minimum Gasteiger partial charge on any atom is -0.507 e. The summed E-state index contributed by atoms with van der Waals surface area (Å²) in [6, 6.07) is 16.9. The Bertz CT molecular complexity index is 1350. The number of rotatable bonds is 2. The average molecular weight is 421 g/mol. The topological polar surface area (TPSA) is 55.1 Å². The lowest BCUT2D eigenvalue weighted by molar-refractivity contribution is 0.512. The Hall–Kier alpha value is -2.89. The lowest BCUT2D eigenvalue weighted by Crippen LogP contribution is -2.23. The maximum atomic E-state index is 12.8. The first-order valence-corrected chi connectivity index (χ1v) is 10.6. The molecule has 144 valence electrons. The van der Waals surface area contributed by atoms with Crippen LogP contribution in [0.5, 0.6) is 0 Å². The maximum absolute atomic E-state index is 12.8. The monoisotopic (exact) mass is 420 g/mol. The second-order valence-corrected chi connectivity index (χ2v) is 8.55. The molecule has 0 saturated carbocycles. The van der Waals surface area contributed by atoms with Gasteiger partial charge >= 0.3 is 0 Å². The summed E-state index contributed by atoms with van der Waals surface area (Å²) in [7, 11) is 0. The number of nitrogens with zero attached hydrogens (tertiary/aromatic N) is 2. The Balaban J connectivity index is 1.87. The third kappa shape index (κ3) is 2.89. The molecule has 2 aromatic heterocycles. The van der Waals surface area contributed by atoms with Crippen LogP contribution < -0.4 is 5.56 Å². The quantitative estimate of drug-likeness (QED) is 0.383. The Kier molecular flexibility index (Phi) is 4.30. The van der Waals surface area contributed by atoms with Gasteiger partial charge in [-0.25, -0.2) is 0 Å². The second-order valence-electron chi connectivity index (χ2n) is 7.00. The molecule has 0 fully saturated rings. The fourth-order valence-electron chi connectivity index (χ4n) is 3.79. The first kappa shape index (κ1) is 18.2. The Morgan fingerprint density at radius 3 is 2.72 bits per heavy atom. The molecule has 1 N–H and O–H groups in total. The van der Waals surface area contributed by atoms with Crippen LogP contribution in [-0.2, 0) is 13.0 Å². The van der Waals surface area contributed by atoms with Gasteiger partial charge in [-0.2, -0.15) is 4.98 Å². The number of aromatic nitrogens is 2. The third-order valence-electron chi connectivity index (χ3n) is 5.24. The summed E-state index contributed by atoms with van der Waals surface area (Å²) >= 11 is 7.63. The van der Waals surface area contributed by atoms with Crippen LogP contribution in [0.4, 0.5) is 0 Å². The van der Waals surface area contributed by atoms with Crippen molar-refractivity contribution in [1.29, 1.82) is 0 Å². The number of benzene rings is 2. The van der Waals surface area contributed by atoms with Crippen LogP contribution in [0.1, 0.15) is 34.3 Å². The largest absolute Gasteiger partial charge is 0.507 e. The van der Waals surface area contributed by atoms with Crippen LogP contribution in [0.2, 0.25) is 5.02 Å². The molecule has 0 radical (unpaired) electrons. The molecule has 0 atom stereocenters. The van der Waals surface area contributed by atoms with E-state index in [1.807, 2.05) is 34.9 Å². The number of aliphatic hydroxyl groups is 1. The highest BCUT2D eigenvalue weighted by Crippen LogP contribution is 2.38. The van der Waals surface area contributed by atoms with E-state index < -0.39 is 0 Å². The molecule has 0 spiro atoms. The number of halogens is 1. The summed E-state index contributed by atoms with van der Waals surface area (Å²) in [5.74, 6) is 0.583. The molecule has 5 rings (SSSR count). The van der Waals surface area contributed by atoms with E-state index in [0.717, 1.165) is 27.3 Å². The van der Waals surface area contributed by atoms with E-state index in [-0.39, 0.29) is 11.3 Å². The molecule has 2 aromatic carbocycles. The zero-order valence-electron chi connectivity index (χ0n) is 15.6. The normalized spacial score (nSPS) is 14.6. The highest BCUT2D eigenvalue weighted by Gasteiger charge is 2.27. The summed E-state index contributed by atoms with van der Waals surface area (Å²) in [5.41, 5.74) is 2.90. The third-order valence-corrected chi connectivity index (χ3v) is 6.80. The van der Waals surface area contributed by atoms with E-state index in [1.165, 1.54) is 0 Å². The molecule has 29 heavy (non-hydrogen) atoms. The predicted octanol–water partition coefficient (Wildman–Crippen LogP) is 5.51. The highest BCUT2D eigenvalue weighted by atomic mass is 35.5. The average Bonchev–Trinajstić information content (AvgIpc) is 3.18. The van der Waals surface area contributed by atoms with E-state index in [2.05, 4.69) is 11.9 Å². The summed E-state index contributed by atoms with van der Waals surface area (Å²) in [4.78, 5) is 19.2. The molecule has 4 nitrogen and oxygen atoms in total. The first-order valence-electron chi connectivity index (χ1n) is 9.38.